The van der Waals surface area contributed by atoms with Gasteiger partial charge in [-0.25, -0.2) is 4.98 Å². The Kier molecular flexibility index (Phi) is 6.38. The van der Waals surface area contributed by atoms with Gasteiger partial charge in [0.25, 0.3) is 5.56 Å². The van der Waals surface area contributed by atoms with Crippen molar-refractivity contribution in [2.24, 2.45) is 5.92 Å². The fraction of sp³-hybridized carbons (Fsp3) is 0.318. The summed E-state index contributed by atoms with van der Waals surface area (Å²) in [7, 11) is 0. The molecule has 0 N–H and O–H groups in total. The second-order valence-electron chi connectivity index (χ2n) is 7.74. The van der Waals surface area contributed by atoms with E-state index in [0.717, 1.165) is 12.1 Å². The molecule has 4 rings (SSSR count). The van der Waals surface area contributed by atoms with Crippen LogP contribution in [-0.4, -0.2) is 29.8 Å². The monoisotopic (exact) mass is 454 g/mol. The van der Waals surface area contributed by atoms with Gasteiger partial charge < -0.3 is 0 Å². The number of rotatable bonds is 7. The summed E-state index contributed by atoms with van der Waals surface area (Å²) in [5.41, 5.74) is 1.42. The summed E-state index contributed by atoms with van der Waals surface area (Å²) in [6.45, 7) is 6.89. The van der Waals surface area contributed by atoms with Crippen molar-refractivity contribution >= 4 is 34.3 Å². The average molecular weight is 455 g/mol. The van der Waals surface area contributed by atoms with E-state index >= 15 is 0 Å². The van der Waals surface area contributed by atoms with Crippen molar-refractivity contribution in [3.8, 4) is 5.69 Å². The lowest BCUT2D eigenvalue weighted by Gasteiger charge is -2.17. The van der Waals surface area contributed by atoms with Crippen LogP contribution in [0.1, 0.15) is 38.3 Å². The van der Waals surface area contributed by atoms with E-state index in [-0.39, 0.29) is 10.8 Å². The van der Waals surface area contributed by atoms with Crippen LogP contribution in [0, 0.1) is 5.92 Å². The Morgan fingerprint density at radius 1 is 1.10 bits per heavy atom. The first kappa shape index (κ1) is 21.5. The molecule has 0 aliphatic rings. The molecule has 7 nitrogen and oxygen atoms in total. The molecule has 0 saturated heterocycles. The fourth-order valence-electron chi connectivity index (χ4n) is 3.26. The van der Waals surface area contributed by atoms with Gasteiger partial charge in [0.1, 0.15) is 0 Å². The van der Waals surface area contributed by atoms with Gasteiger partial charge >= 0.3 is 0 Å². The van der Waals surface area contributed by atoms with E-state index in [0.29, 0.717) is 39.4 Å². The number of hydrogen-bond donors (Lipinski definition) is 0. The predicted octanol–water partition coefficient (Wildman–Crippen LogP) is 4.93. The van der Waals surface area contributed by atoms with Crippen molar-refractivity contribution in [2.45, 2.75) is 44.1 Å². The van der Waals surface area contributed by atoms with Crippen molar-refractivity contribution in [1.82, 2.24) is 29.8 Å². The number of halogens is 1. The summed E-state index contributed by atoms with van der Waals surface area (Å²) in [6.07, 6.45) is 0.879. The summed E-state index contributed by atoms with van der Waals surface area (Å²) in [4.78, 5) is 18.0. The molecule has 31 heavy (non-hydrogen) atoms. The first-order valence-corrected chi connectivity index (χ1v) is 11.4. The van der Waals surface area contributed by atoms with E-state index in [4.69, 9.17) is 16.6 Å². The van der Waals surface area contributed by atoms with Gasteiger partial charge in [-0.3, -0.25) is 9.36 Å². The van der Waals surface area contributed by atoms with Crippen LogP contribution in [0.5, 0.6) is 0 Å². The van der Waals surface area contributed by atoms with Crippen molar-refractivity contribution in [3.63, 3.8) is 0 Å². The Morgan fingerprint density at radius 2 is 1.87 bits per heavy atom. The fourth-order valence-corrected chi connectivity index (χ4v) is 4.45. The summed E-state index contributed by atoms with van der Waals surface area (Å²) >= 11 is 7.62. The molecule has 0 fully saturated rings. The maximum absolute atomic E-state index is 13.3. The lowest BCUT2D eigenvalue weighted by molar-refractivity contribution is 0.480. The smallest absolute Gasteiger partial charge is 0.262 e. The Hall–Kier alpha value is -2.71. The normalized spacial score (nSPS) is 12.5. The number of para-hydroxylation sites is 1. The van der Waals surface area contributed by atoms with E-state index in [1.54, 1.807) is 27.4 Å². The zero-order valence-corrected chi connectivity index (χ0v) is 19.1. The van der Waals surface area contributed by atoms with Crippen molar-refractivity contribution < 1.29 is 0 Å². The molecule has 0 spiro atoms. The van der Waals surface area contributed by atoms with Gasteiger partial charge in [-0.05, 0) is 60.0 Å². The third-order valence-corrected chi connectivity index (χ3v) is 6.27. The number of aromatic nitrogens is 6. The molecular formula is C22H23ClN6OS. The highest BCUT2D eigenvalue weighted by molar-refractivity contribution is 7.99. The molecule has 0 aliphatic heterocycles. The average Bonchev–Trinajstić information content (AvgIpc) is 3.24. The molecule has 1 atom stereocenters. The molecule has 0 bridgehead atoms. The van der Waals surface area contributed by atoms with Crippen LogP contribution in [0.4, 0.5) is 0 Å². The van der Waals surface area contributed by atoms with Gasteiger partial charge in [-0.1, -0.05) is 55.4 Å². The largest absolute Gasteiger partial charge is 0.287 e. The highest BCUT2D eigenvalue weighted by Gasteiger charge is 2.21. The van der Waals surface area contributed by atoms with Crippen LogP contribution in [0.3, 0.4) is 0 Å². The lowest BCUT2D eigenvalue weighted by atomic mass is 10.1. The van der Waals surface area contributed by atoms with Crippen molar-refractivity contribution in [3.05, 3.63) is 69.7 Å². The minimum Gasteiger partial charge on any atom is -0.287 e. The highest BCUT2D eigenvalue weighted by Crippen LogP contribution is 2.33. The summed E-state index contributed by atoms with van der Waals surface area (Å²) in [5, 5.41) is 13.9. The number of thioether (sulfide) groups is 1. The molecule has 2 aromatic carbocycles. The van der Waals surface area contributed by atoms with Gasteiger partial charge in [-0.15, -0.1) is 5.10 Å². The topological polar surface area (TPSA) is 78.5 Å². The molecule has 9 heteroatoms. The number of tetrazole rings is 1. The van der Waals surface area contributed by atoms with Crippen LogP contribution < -0.4 is 5.56 Å². The quantitative estimate of drug-likeness (QED) is 0.291. The lowest BCUT2D eigenvalue weighted by Crippen LogP contribution is -2.24. The van der Waals surface area contributed by atoms with Gasteiger partial charge in [-0.2, -0.15) is 4.68 Å². The van der Waals surface area contributed by atoms with Crippen LogP contribution >= 0.6 is 23.4 Å². The maximum atomic E-state index is 13.3. The summed E-state index contributed by atoms with van der Waals surface area (Å²) in [5.74, 6) is 1.15. The molecule has 0 radical (unpaired) electrons. The Labute approximate surface area is 189 Å². The van der Waals surface area contributed by atoms with E-state index < -0.39 is 0 Å². The van der Waals surface area contributed by atoms with Crippen LogP contribution in [0.25, 0.3) is 16.6 Å². The van der Waals surface area contributed by atoms with Gasteiger partial charge in [0, 0.05) is 11.6 Å². The standard InChI is InChI=1S/C22H23ClN6OS/c1-14(2)11-12-28-21(30)18-10-9-16(23)13-19(18)24-22(28)31-15(3)20-25-26-27-29(20)17-7-5-4-6-8-17/h4-10,13-15H,11-12H2,1-3H3. The molecule has 0 saturated carbocycles. The van der Waals surface area contributed by atoms with Gasteiger partial charge in [0.05, 0.1) is 21.8 Å². The third-order valence-electron chi connectivity index (χ3n) is 4.95. The first-order valence-electron chi connectivity index (χ1n) is 10.1. The number of hydrogen-bond acceptors (Lipinski definition) is 6. The van der Waals surface area contributed by atoms with Crippen LogP contribution in [0.2, 0.25) is 5.02 Å². The summed E-state index contributed by atoms with van der Waals surface area (Å²) in [6, 6.07) is 14.9. The minimum absolute atomic E-state index is 0.0559. The zero-order valence-electron chi connectivity index (χ0n) is 17.6. The van der Waals surface area contributed by atoms with Crippen LogP contribution in [0.15, 0.2) is 58.5 Å². The third kappa shape index (κ3) is 4.65. The van der Waals surface area contributed by atoms with Crippen molar-refractivity contribution in [2.75, 3.05) is 0 Å². The Morgan fingerprint density at radius 3 is 2.61 bits per heavy atom. The van der Waals surface area contributed by atoms with E-state index in [1.807, 2.05) is 37.3 Å². The number of benzene rings is 2. The van der Waals surface area contributed by atoms with Crippen molar-refractivity contribution in [1.29, 1.82) is 0 Å². The number of fused-ring (bicyclic) bond motifs is 1. The molecule has 160 valence electrons. The Bertz CT molecular complexity index is 1250. The second kappa shape index (κ2) is 9.20. The van der Waals surface area contributed by atoms with E-state index in [9.17, 15) is 4.79 Å². The van der Waals surface area contributed by atoms with Crippen LogP contribution in [-0.2, 0) is 6.54 Å². The molecule has 1 unspecified atom stereocenters. The molecule has 0 amide bonds. The SMILES string of the molecule is CC(C)CCn1c(SC(C)c2nnnn2-c2ccccc2)nc2cc(Cl)ccc2c1=O. The molecular weight excluding hydrogens is 432 g/mol. The zero-order chi connectivity index (χ0) is 22.0. The minimum atomic E-state index is -0.135. The molecule has 4 aromatic rings. The first-order chi connectivity index (χ1) is 14.9. The Balaban J connectivity index is 1.74. The van der Waals surface area contributed by atoms with E-state index in [1.165, 1.54) is 11.8 Å². The van der Waals surface area contributed by atoms with Gasteiger partial charge in [0.15, 0.2) is 11.0 Å². The number of nitrogens with zero attached hydrogens (tertiary/aromatic N) is 6. The molecule has 2 aromatic heterocycles. The summed E-state index contributed by atoms with van der Waals surface area (Å²) < 4.78 is 3.47. The molecule has 0 aliphatic carbocycles. The molecule has 2 heterocycles. The van der Waals surface area contributed by atoms with E-state index in [2.05, 4.69) is 29.4 Å². The van der Waals surface area contributed by atoms with Gasteiger partial charge in [0.2, 0.25) is 0 Å². The second-order valence-corrected chi connectivity index (χ2v) is 9.48. The maximum Gasteiger partial charge on any atom is 0.262 e. The predicted molar refractivity (Wildman–Crippen MR) is 124 cm³/mol. The highest BCUT2D eigenvalue weighted by atomic mass is 35.5.